The Hall–Kier alpha value is -7.59. The van der Waals surface area contributed by atoms with Crippen molar-refractivity contribution in [2.24, 2.45) is 5.73 Å². The number of benzene rings is 6. The third-order valence-corrected chi connectivity index (χ3v) is 12.9. The molecule has 0 radical (unpaired) electrons. The number of carbonyl (C=O) groups excluding carboxylic acids is 4. The highest BCUT2D eigenvalue weighted by molar-refractivity contribution is 14.1. The van der Waals surface area contributed by atoms with Gasteiger partial charge in [0.15, 0.2) is 0 Å². The van der Waals surface area contributed by atoms with Crippen molar-refractivity contribution < 1.29 is 45.5 Å². The molecule has 13 nitrogen and oxygen atoms in total. The largest absolute Gasteiger partial charge is 0.347 e. The zero-order chi connectivity index (χ0) is 54.0. The molecule has 8 aromatic rings. The number of aromatic nitrogens is 4. The predicted octanol–water partition coefficient (Wildman–Crippen LogP) is 9.63. The van der Waals surface area contributed by atoms with Crippen LogP contribution in [0.2, 0.25) is 0 Å². The number of hydrogen-bond donors (Lipinski definition) is 4. The lowest BCUT2D eigenvalue weighted by Crippen LogP contribution is -2.46. The van der Waals surface area contributed by atoms with E-state index in [0.29, 0.717) is 42.8 Å². The number of nitrogens with two attached hydrogens (primary N) is 1. The highest BCUT2D eigenvalue weighted by Gasteiger charge is 2.45. The highest BCUT2D eigenvalue weighted by atomic mass is 127. The second kappa shape index (κ2) is 24.2. The number of amides is 4. The Balaban J connectivity index is 0.000000177. The summed E-state index contributed by atoms with van der Waals surface area (Å²) in [7, 11) is 1.50. The minimum absolute atomic E-state index is 0.00137. The fourth-order valence-corrected chi connectivity index (χ4v) is 9.18. The molecule has 0 spiro atoms. The van der Waals surface area contributed by atoms with Gasteiger partial charge in [-0.3, -0.25) is 28.5 Å². The number of nitrogens with one attached hydrogen (secondary N) is 3. The summed E-state index contributed by atoms with van der Waals surface area (Å²) in [4.78, 5) is 49.5. The number of nitrogens with zero attached hydrogens (tertiary/aromatic N) is 5. The molecule has 390 valence electrons. The number of rotatable bonds is 11. The number of hydrogen-bond acceptors (Lipinski definition) is 7. The van der Waals surface area contributed by atoms with Crippen LogP contribution in [0.4, 0.5) is 32.0 Å². The molecule has 2 aliphatic rings. The average Bonchev–Trinajstić information content (AvgIpc) is 4.17. The maximum atomic E-state index is 14.1. The van der Waals surface area contributed by atoms with Crippen LogP contribution in [0.15, 0.2) is 158 Å². The van der Waals surface area contributed by atoms with Crippen molar-refractivity contribution in [3.63, 3.8) is 0 Å². The van der Waals surface area contributed by atoms with E-state index >= 15 is 0 Å². The predicted molar refractivity (Wildman–Crippen MR) is 282 cm³/mol. The minimum atomic E-state index is -3.57. The van der Waals surface area contributed by atoms with E-state index in [9.17, 15) is 45.5 Å². The van der Waals surface area contributed by atoms with Crippen molar-refractivity contribution in [2.45, 2.75) is 75.8 Å². The van der Waals surface area contributed by atoms with Crippen LogP contribution in [-0.4, -0.2) is 74.2 Å². The van der Waals surface area contributed by atoms with E-state index in [1.54, 1.807) is 108 Å². The van der Waals surface area contributed by atoms with Gasteiger partial charge in [-0.15, -0.1) is 0 Å². The summed E-state index contributed by atoms with van der Waals surface area (Å²) in [5, 5.41) is 17.8. The maximum absolute atomic E-state index is 14.1. The molecule has 2 fully saturated rings. The molecule has 1 unspecified atom stereocenters. The molecule has 0 saturated carbocycles. The lowest BCUT2D eigenvalue weighted by atomic mass is 9.99. The van der Waals surface area contributed by atoms with Crippen LogP contribution in [0.3, 0.4) is 0 Å². The van der Waals surface area contributed by atoms with Crippen molar-refractivity contribution in [3.05, 3.63) is 195 Å². The smallest absolute Gasteiger partial charge is 0.321 e. The van der Waals surface area contributed by atoms with Crippen LogP contribution in [0, 0.1) is 15.2 Å². The van der Waals surface area contributed by atoms with E-state index in [1.165, 1.54) is 27.7 Å². The van der Waals surface area contributed by atoms with Gasteiger partial charge in [0.25, 0.3) is 11.8 Å². The molecule has 2 aliphatic heterocycles. The Labute approximate surface area is 441 Å². The third-order valence-electron chi connectivity index (χ3n) is 12.2. The summed E-state index contributed by atoms with van der Waals surface area (Å²) in [5.41, 5.74) is 9.46. The molecule has 4 amide bonds. The normalized spacial score (nSPS) is 17.2. The average molecular weight is 1140 g/mol. The summed E-state index contributed by atoms with van der Waals surface area (Å²) in [5.74, 6) is -10.9. The first kappa shape index (κ1) is 55.2. The van der Waals surface area contributed by atoms with Crippen molar-refractivity contribution in [1.29, 1.82) is 0 Å². The summed E-state index contributed by atoms with van der Waals surface area (Å²) in [6.45, 7) is 1.76. The van der Waals surface area contributed by atoms with E-state index < -0.39 is 47.8 Å². The standard InChI is InChI=1S/C27H23F3N4O2.C14H10FIN2.C13H14F2N2O2.CH5N/c1-27(29,30)26(36)32-22-14-24(35)34(25(22)17-7-3-2-4-8-17)20-11-12-23-19(13-20)15-31-33(23)16-18-9-5-6-10-21(18)28;15-13-4-2-1-3-10(13)9-18-14-6-5-12(16)7-11(14)8-17-18;1-13(14,15)12(19)16-9-7-10(18)17-11(9)8-5-3-2-4-6-8;1-2/h2-13,15,22,25H,14,16H2,1H3,(H,32,36);1-8H,9H2;2-6,9,11H,7H2,1H3,(H,16,19)(H,17,18);2H2,1H3/t22-,25+;;9-,11?;/m0.0./s1. The van der Waals surface area contributed by atoms with Crippen molar-refractivity contribution >= 4 is 73.7 Å². The summed E-state index contributed by atoms with van der Waals surface area (Å²) >= 11 is 2.27. The zero-order valence-corrected chi connectivity index (χ0v) is 42.9. The number of carbonyl (C=O) groups is 4. The van der Waals surface area contributed by atoms with Gasteiger partial charge in [0.05, 0.1) is 60.7 Å². The van der Waals surface area contributed by atoms with E-state index in [4.69, 9.17) is 0 Å². The number of fused-ring (bicyclic) bond motifs is 2. The topological polar surface area (TPSA) is 169 Å². The molecule has 4 heterocycles. The highest BCUT2D eigenvalue weighted by Crippen LogP contribution is 2.39. The van der Waals surface area contributed by atoms with Gasteiger partial charge in [-0.1, -0.05) is 97.1 Å². The molecule has 20 heteroatoms. The molecule has 6 aromatic carbocycles. The Kier molecular flexibility index (Phi) is 17.8. The fourth-order valence-electron chi connectivity index (χ4n) is 8.66. The van der Waals surface area contributed by atoms with Crippen LogP contribution >= 0.6 is 22.6 Å². The van der Waals surface area contributed by atoms with Crippen molar-refractivity contribution in [3.8, 4) is 0 Å². The molecule has 2 saturated heterocycles. The van der Waals surface area contributed by atoms with Gasteiger partial charge >= 0.3 is 11.8 Å². The van der Waals surface area contributed by atoms with E-state index in [0.717, 1.165) is 27.4 Å². The summed E-state index contributed by atoms with van der Waals surface area (Å²) < 4.78 is 85.4. The molecule has 0 aliphatic carbocycles. The third kappa shape index (κ3) is 13.6. The Morgan fingerprint density at radius 3 is 1.63 bits per heavy atom. The van der Waals surface area contributed by atoms with Gasteiger partial charge in [0.1, 0.15) is 11.6 Å². The maximum Gasteiger partial charge on any atom is 0.321 e. The van der Waals surface area contributed by atoms with Gasteiger partial charge in [-0.05, 0) is 89.3 Å². The minimum Gasteiger partial charge on any atom is -0.347 e. The van der Waals surface area contributed by atoms with E-state index in [2.05, 4.69) is 60.5 Å². The summed E-state index contributed by atoms with van der Waals surface area (Å²) in [6.07, 6.45) is 3.33. The number of halogens is 7. The van der Waals surface area contributed by atoms with Gasteiger partial charge in [-0.2, -0.15) is 27.8 Å². The zero-order valence-electron chi connectivity index (χ0n) is 40.7. The fraction of sp³-hybridized carbons (Fsp3) is 0.236. The van der Waals surface area contributed by atoms with Crippen LogP contribution in [0.1, 0.15) is 61.0 Å². The van der Waals surface area contributed by atoms with Gasteiger partial charge in [0, 0.05) is 57.8 Å². The number of anilines is 1. The van der Waals surface area contributed by atoms with Crippen LogP contribution in [-0.2, 0) is 32.3 Å². The molecule has 10 rings (SSSR count). The molecule has 2 aromatic heterocycles. The summed E-state index contributed by atoms with van der Waals surface area (Å²) in [6, 6.07) is 40.0. The van der Waals surface area contributed by atoms with Crippen LogP contribution in [0.5, 0.6) is 0 Å². The van der Waals surface area contributed by atoms with Crippen molar-refractivity contribution in [1.82, 2.24) is 35.5 Å². The molecular formula is C55H52F6IN9O4. The molecule has 4 atom stereocenters. The number of alkyl halides is 4. The lowest BCUT2D eigenvalue weighted by Gasteiger charge is -2.29. The second-order valence-electron chi connectivity index (χ2n) is 17.7. The van der Waals surface area contributed by atoms with Gasteiger partial charge in [0.2, 0.25) is 11.8 Å². The first-order valence-corrected chi connectivity index (χ1v) is 24.6. The van der Waals surface area contributed by atoms with E-state index in [1.807, 2.05) is 41.2 Å². The SMILES string of the molecule is CC(F)(F)C(=O)N[C@H]1CC(=O)N(c2ccc3c(cnn3Cc3ccccc3F)c2)[C@@H]1c1ccccc1.CC(F)(F)C(=O)N[C@H]1CC(=O)NC1c1ccccc1.CN.Fc1ccccc1Cn1ncc2cc(I)ccc21. The van der Waals surface area contributed by atoms with Gasteiger partial charge < -0.3 is 26.6 Å². The van der Waals surface area contributed by atoms with Gasteiger partial charge in [-0.25, -0.2) is 8.78 Å². The Bertz CT molecular complexity index is 3280. The molecule has 0 bridgehead atoms. The quantitative estimate of drug-likeness (QED) is 0.0739. The first-order valence-electron chi connectivity index (χ1n) is 23.5. The Morgan fingerprint density at radius 2 is 1.11 bits per heavy atom. The second-order valence-corrected chi connectivity index (χ2v) is 18.9. The first-order chi connectivity index (χ1) is 35.8. The molecular weight excluding hydrogens is 1090 g/mol. The molecule has 5 N–H and O–H groups in total. The monoisotopic (exact) mass is 1140 g/mol. The van der Waals surface area contributed by atoms with Crippen LogP contribution in [0.25, 0.3) is 21.8 Å². The molecule has 75 heavy (non-hydrogen) atoms. The van der Waals surface area contributed by atoms with Crippen molar-refractivity contribution in [2.75, 3.05) is 11.9 Å². The lowest BCUT2D eigenvalue weighted by molar-refractivity contribution is -0.144. The Morgan fingerprint density at radius 1 is 0.640 bits per heavy atom. The van der Waals surface area contributed by atoms with E-state index in [-0.39, 0.29) is 42.8 Å². The van der Waals surface area contributed by atoms with Crippen LogP contribution < -0.4 is 26.6 Å².